The summed E-state index contributed by atoms with van der Waals surface area (Å²) in [5.41, 5.74) is 0.727. The smallest absolute Gasteiger partial charge is 0.255 e. The van der Waals surface area contributed by atoms with Crippen LogP contribution in [-0.2, 0) is 10.0 Å². The van der Waals surface area contributed by atoms with Crippen molar-refractivity contribution in [3.05, 3.63) is 47.0 Å². The molecule has 1 fully saturated rings. The van der Waals surface area contributed by atoms with Crippen molar-refractivity contribution < 1.29 is 22.7 Å². The van der Waals surface area contributed by atoms with Crippen LogP contribution in [0, 0.1) is 0 Å². The van der Waals surface area contributed by atoms with Crippen LogP contribution in [0.25, 0.3) is 0 Å². The molecule has 1 N–H and O–H groups in total. The Balaban J connectivity index is 1.58. The van der Waals surface area contributed by atoms with E-state index in [-0.39, 0.29) is 15.5 Å². The molecular weight excluding hydrogens is 404 g/mol. The van der Waals surface area contributed by atoms with E-state index in [1.807, 2.05) is 0 Å². The largest absolute Gasteiger partial charge is 0.486 e. The predicted octanol–water partition coefficient (Wildman–Crippen LogP) is 3.15. The highest BCUT2D eigenvalue weighted by Crippen LogP contribution is 2.33. The first-order valence-electron chi connectivity index (χ1n) is 8.96. The maximum Gasteiger partial charge on any atom is 0.255 e. The molecule has 0 radical (unpaired) electrons. The zero-order valence-corrected chi connectivity index (χ0v) is 16.6. The number of sulfonamides is 1. The molecule has 4 rings (SSSR count). The summed E-state index contributed by atoms with van der Waals surface area (Å²) < 4.78 is 38.0. The number of fused-ring (bicyclic) bond motifs is 1. The molecule has 0 aromatic heterocycles. The average Bonchev–Trinajstić information content (AvgIpc) is 3.24. The van der Waals surface area contributed by atoms with Crippen molar-refractivity contribution >= 4 is 33.2 Å². The number of nitrogens with zero attached hydrogens (tertiary/aromatic N) is 1. The molecule has 28 heavy (non-hydrogen) atoms. The highest BCUT2D eigenvalue weighted by molar-refractivity contribution is 7.89. The minimum atomic E-state index is -3.73. The Kier molecular flexibility index (Phi) is 5.18. The summed E-state index contributed by atoms with van der Waals surface area (Å²) in [6.45, 7) is 1.86. The van der Waals surface area contributed by atoms with Crippen molar-refractivity contribution in [2.75, 3.05) is 31.6 Å². The van der Waals surface area contributed by atoms with Crippen LogP contribution >= 0.6 is 11.6 Å². The van der Waals surface area contributed by atoms with Gasteiger partial charge in [-0.3, -0.25) is 4.79 Å². The maximum atomic E-state index is 12.8. The molecule has 2 heterocycles. The molecule has 0 aliphatic carbocycles. The quantitative estimate of drug-likeness (QED) is 0.818. The van der Waals surface area contributed by atoms with Gasteiger partial charge >= 0.3 is 0 Å². The van der Waals surface area contributed by atoms with E-state index in [1.165, 1.54) is 22.5 Å². The van der Waals surface area contributed by atoms with E-state index in [0.717, 1.165) is 12.8 Å². The third-order valence-electron chi connectivity index (χ3n) is 4.68. The normalized spacial score (nSPS) is 16.8. The molecular formula is C19H19ClN2O5S. The first kappa shape index (κ1) is 19.0. The monoisotopic (exact) mass is 422 g/mol. The second-order valence-electron chi connectivity index (χ2n) is 6.57. The number of carbonyl (C=O) groups excluding carboxylic acids is 1. The molecule has 0 atom stereocenters. The Morgan fingerprint density at radius 1 is 1.00 bits per heavy atom. The van der Waals surface area contributed by atoms with Crippen LogP contribution in [0.15, 0.2) is 41.3 Å². The Morgan fingerprint density at radius 3 is 2.46 bits per heavy atom. The Morgan fingerprint density at radius 2 is 1.71 bits per heavy atom. The van der Waals surface area contributed by atoms with Crippen LogP contribution in [0.1, 0.15) is 23.2 Å². The predicted molar refractivity (Wildman–Crippen MR) is 105 cm³/mol. The van der Waals surface area contributed by atoms with Crippen LogP contribution in [0.5, 0.6) is 11.5 Å². The Bertz CT molecular complexity index is 1020. The van der Waals surface area contributed by atoms with Crippen LogP contribution in [0.4, 0.5) is 5.69 Å². The Hall–Kier alpha value is -2.29. The van der Waals surface area contributed by atoms with Crippen LogP contribution in [-0.4, -0.2) is 44.9 Å². The summed E-state index contributed by atoms with van der Waals surface area (Å²) in [4.78, 5) is 12.6. The maximum absolute atomic E-state index is 12.8. The molecule has 148 valence electrons. The molecule has 9 heteroatoms. The zero-order chi connectivity index (χ0) is 19.7. The van der Waals surface area contributed by atoms with E-state index in [2.05, 4.69) is 5.32 Å². The lowest BCUT2D eigenvalue weighted by atomic mass is 10.2. The molecule has 1 saturated heterocycles. The van der Waals surface area contributed by atoms with Gasteiger partial charge < -0.3 is 14.8 Å². The van der Waals surface area contributed by atoms with E-state index in [1.54, 1.807) is 18.2 Å². The number of hydrogen-bond acceptors (Lipinski definition) is 5. The number of amides is 1. The minimum absolute atomic E-state index is 0.0501. The summed E-state index contributed by atoms with van der Waals surface area (Å²) in [6, 6.07) is 9.34. The molecule has 2 aromatic carbocycles. The number of nitrogens with one attached hydrogen (secondary N) is 1. The van der Waals surface area contributed by atoms with E-state index in [9.17, 15) is 13.2 Å². The van der Waals surface area contributed by atoms with Gasteiger partial charge in [-0.05, 0) is 43.2 Å². The molecule has 2 aromatic rings. The van der Waals surface area contributed by atoms with Gasteiger partial charge in [0.2, 0.25) is 10.0 Å². The summed E-state index contributed by atoms with van der Waals surface area (Å²) in [5.74, 6) is 0.735. The molecule has 0 unspecified atom stereocenters. The molecule has 0 spiro atoms. The van der Waals surface area contributed by atoms with Crippen LogP contribution in [0.2, 0.25) is 5.02 Å². The van der Waals surface area contributed by atoms with Crippen molar-refractivity contribution in [2.45, 2.75) is 17.7 Å². The summed E-state index contributed by atoms with van der Waals surface area (Å²) in [7, 11) is -3.73. The first-order chi connectivity index (χ1) is 13.4. The molecule has 0 saturated carbocycles. The molecule has 7 nitrogen and oxygen atoms in total. The minimum Gasteiger partial charge on any atom is -0.486 e. The molecule has 2 aliphatic heterocycles. The van der Waals surface area contributed by atoms with E-state index in [0.29, 0.717) is 43.5 Å². The van der Waals surface area contributed by atoms with Crippen LogP contribution < -0.4 is 14.8 Å². The lowest BCUT2D eigenvalue weighted by Gasteiger charge is -2.19. The lowest BCUT2D eigenvalue weighted by Crippen LogP contribution is -2.28. The lowest BCUT2D eigenvalue weighted by molar-refractivity contribution is 0.102. The third kappa shape index (κ3) is 3.67. The van der Waals surface area contributed by atoms with Crippen molar-refractivity contribution in [3.8, 4) is 11.5 Å². The van der Waals surface area contributed by atoms with Gasteiger partial charge in [0.15, 0.2) is 11.5 Å². The zero-order valence-electron chi connectivity index (χ0n) is 15.0. The van der Waals surface area contributed by atoms with Gasteiger partial charge in [-0.1, -0.05) is 11.6 Å². The van der Waals surface area contributed by atoms with Gasteiger partial charge in [0.1, 0.15) is 18.1 Å². The van der Waals surface area contributed by atoms with Crippen molar-refractivity contribution in [3.63, 3.8) is 0 Å². The molecule has 1 amide bonds. The summed E-state index contributed by atoms with van der Waals surface area (Å²) in [5, 5.41) is 2.85. The van der Waals surface area contributed by atoms with Crippen LogP contribution in [0.3, 0.4) is 0 Å². The number of carbonyl (C=O) groups is 1. The van der Waals surface area contributed by atoms with Gasteiger partial charge in [-0.25, -0.2) is 8.42 Å². The number of halogens is 1. The van der Waals surface area contributed by atoms with Gasteiger partial charge in [-0.15, -0.1) is 0 Å². The van der Waals surface area contributed by atoms with Crippen molar-refractivity contribution in [1.82, 2.24) is 4.31 Å². The molecule has 0 bridgehead atoms. The fourth-order valence-electron chi connectivity index (χ4n) is 3.23. The number of rotatable bonds is 4. The molecule has 2 aliphatic rings. The highest BCUT2D eigenvalue weighted by Gasteiger charge is 2.29. The number of anilines is 1. The number of ether oxygens (including phenoxy) is 2. The average molecular weight is 423 g/mol. The van der Waals surface area contributed by atoms with Gasteiger partial charge in [0.05, 0.1) is 5.02 Å². The third-order valence-corrected chi connectivity index (χ3v) is 7.06. The SMILES string of the molecule is O=C(Nc1ccc2c(c1)OCCO2)c1ccc(Cl)c(S(=O)(=O)N2CCCC2)c1. The van der Waals surface area contributed by atoms with E-state index in [4.69, 9.17) is 21.1 Å². The fourth-order valence-corrected chi connectivity index (χ4v) is 5.25. The standard InChI is InChI=1S/C19H19ClN2O5S/c20-15-5-3-13(11-18(15)28(24,25)22-7-1-2-8-22)19(23)21-14-4-6-16-17(12-14)27-10-9-26-16/h3-6,11-12H,1-2,7-10H2,(H,21,23). The van der Waals surface area contributed by atoms with E-state index < -0.39 is 15.9 Å². The first-order valence-corrected chi connectivity index (χ1v) is 10.8. The van der Waals surface area contributed by atoms with E-state index >= 15 is 0 Å². The Labute approximate surface area is 168 Å². The fraction of sp³-hybridized carbons (Fsp3) is 0.316. The topological polar surface area (TPSA) is 84.9 Å². The second kappa shape index (κ2) is 7.62. The van der Waals surface area contributed by atoms with Gasteiger partial charge in [-0.2, -0.15) is 4.31 Å². The highest BCUT2D eigenvalue weighted by atomic mass is 35.5. The van der Waals surface area contributed by atoms with Gasteiger partial charge in [0, 0.05) is 30.4 Å². The summed E-state index contributed by atoms with van der Waals surface area (Å²) >= 11 is 6.14. The van der Waals surface area contributed by atoms with Crippen molar-refractivity contribution in [2.24, 2.45) is 0 Å². The number of benzene rings is 2. The second-order valence-corrected chi connectivity index (χ2v) is 8.88. The van der Waals surface area contributed by atoms with Gasteiger partial charge in [0.25, 0.3) is 5.91 Å². The summed E-state index contributed by atoms with van der Waals surface area (Å²) in [6.07, 6.45) is 1.64. The van der Waals surface area contributed by atoms with Crippen molar-refractivity contribution in [1.29, 1.82) is 0 Å². The number of hydrogen-bond donors (Lipinski definition) is 1.